The van der Waals surface area contributed by atoms with Crippen molar-refractivity contribution < 1.29 is 9.90 Å². The second-order valence-corrected chi connectivity index (χ2v) is 4.69. The molecule has 0 spiro atoms. The lowest BCUT2D eigenvalue weighted by Gasteiger charge is -2.21. The second-order valence-electron chi connectivity index (χ2n) is 4.31. The van der Waals surface area contributed by atoms with E-state index in [1.165, 1.54) is 12.8 Å². The first kappa shape index (κ1) is 16.7. The van der Waals surface area contributed by atoms with Crippen LogP contribution in [0.5, 0.6) is 0 Å². The summed E-state index contributed by atoms with van der Waals surface area (Å²) >= 11 is 5.58. The van der Waals surface area contributed by atoms with Gasteiger partial charge in [-0.1, -0.05) is 26.2 Å². The molecule has 0 saturated carbocycles. The van der Waals surface area contributed by atoms with E-state index in [4.69, 9.17) is 16.7 Å². The van der Waals surface area contributed by atoms with E-state index < -0.39 is 0 Å². The number of halogens is 1. The van der Waals surface area contributed by atoms with Gasteiger partial charge in [0.2, 0.25) is 5.91 Å². The number of carbonyl (C=O) groups is 1. The van der Waals surface area contributed by atoms with Crippen molar-refractivity contribution in [2.75, 3.05) is 25.6 Å². The molecule has 0 saturated heterocycles. The summed E-state index contributed by atoms with van der Waals surface area (Å²) in [7, 11) is 0. The van der Waals surface area contributed by atoms with Gasteiger partial charge in [0.05, 0.1) is 6.61 Å². The van der Waals surface area contributed by atoms with Crippen LogP contribution in [0.3, 0.4) is 0 Å². The van der Waals surface area contributed by atoms with Crippen molar-refractivity contribution in [3.05, 3.63) is 0 Å². The molecule has 0 aliphatic carbocycles. The highest BCUT2D eigenvalue weighted by Gasteiger charge is 2.11. The van der Waals surface area contributed by atoms with E-state index in [-0.39, 0.29) is 12.5 Å². The molecule has 0 aliphatic rings. The Hall–Kier alpha value is -0.280. The summed E-state index contributed by atoms with van der Waals surface area (Å²) in [6.45, 7) is 3.46. The number of nitrogens with zero attached hydrogens (tertiary/aromatic N) is 1. The zero-order valence-corrected chi connectivity index (χ0v) is 11.7. The first-order valence-corrected chi connectivity index (χ1v) is 7.24. The van der Waals surface area contributed by atoms with E-state index in [2.05, 4.69) is 6.92 Å². The number of amides is 1. The third kappa shape index (κ3) is 9.42. The van der Waals surface area contributed by atoms with Gasteiger partial charge in [-0.25, -0.2) is 0 Å². The SMILES string of the molecule is CCCCCCN(CCO)C(=O)CCCCCl. The van der Waals surface area contributed by atoms with E-state index in [1.807, 2.05) is 0 Å². The van der Waals surface area contributed by atoms with Crippen LogP contribution >= 0.6 is 11.6 Å². The van der Waals surface area contributed by atoms with E-state index in [1.54, 1.807) is 4.90 Å². The highest BCUT2D eigenvalue weighted by molar-refractivity contribution is 6.17. The zero-order valence-electron chi connectivity index (χ0n) is 11.0. The number of alkyl halides is 1. The fraction of sp³-hybridized carbons (Fsp3) is 0.923. The molecule has 0 aromatic heterocycles. The molecule has 0 aromatic carbocycles. The third-order valence-corrected chi connectivity index (χ3v) is 3.05. The molecule has 0 rings (SSSR count). The smallest absolute Gasteiger partial charge is 0.222 e. The Kier molecular flexibility index (Phi) is 12.0. The molecule has 0 fully saturated rings. The van der Waals surface area contributed by atoms with Gasteiger partial charge in [-0.2, -0.15) is 0 Å². The van der Waals surface area contributed by atoms with Gasteiger partial charge in [-0.05, 0) is 19.3 Å². The van der Waals surface area contributed by atoms with Gasteiger partial charge in [0.25, 0.3) is 0 Å². The van der Waals surface area contributed by atoms with Crippen molar-refractivity contribution in [2.45, 2.75) is 51.9 Å². The summed E-state index contributed by atoms with van der Waals surface area (Å²) in [5, 5.41) is 8.94. The Balaban J connectivity index is 3.81. The van der Waals surface area contributed by atoms with E-state index >= 15 is 0 Å². The zero-order chi connectivity index (χ0) is 12.9. The predicted molar refractivity (Wildman–Crippen MR) is 72.4 cm³/mol. The number of carbonyl (C=O) groups excluding carboxylic acids is 1. The summed E-state index contributed by atoms with van der Waals surface area (Å²) in [6.07, 6.45) is 6.90. The lowest BCUT2D eigenvalue weighted by molar-refractivity contribution is -0.131. The van der Waals surface area contributed by atoms with E-state index in [0.29, 0.717) is 18.8 Å². The molecule has 0 aliphatic heterocycles. The number of rotatable bonds is 11. The Morgan fingerprint density at radius 3 is 2.47 bits per heavy atom. The molecule has 0 aromatic rings. The van der Waals surface area contributed by atoms with E-state index in [0.717, 1.165) is 32.2 Å². The molecular formula is C13H26ClNO2. The van der Waals surface area contributed by atoms with Gasteiger partial charge in [0.15, 0.2) is 0 Å². The maximum atomic E-state index is 11.8. The molecule has 102 valence electrons. The predicted octanol–water partition coefficient (Wildman–Crippen LogP) is 2.80. The van der Waals surface area contributed by atoms with Gasteiger partial charge in [-0.15, -0.1) is 11.6 Å². The molecular weight excluding hydrogens is 238 g/mol. The lowest BCUT2D eigenvalue weighted by atomic mass is 10.2. The first-order valence-electron chi connectivity index (χ1n) is 6.70. The van der Waals surface area contributed by atoms with Crippen molar-refractivity contribution in [3.63, 3.8) is 0 Å². The molecule has 1 N–H and O–H groups in total. The number of aliphatic hydroxyl groups is 1. The average Bonchev–Trinajstić information content (AvgIpc) is 2.33. The van der Waals surface area contributed by atoms with Crippen molar-refractivity contribution in [3.8, 4) is 0 Å². The molecule has 1 amide bonds. The molecule has 0 radical (unpaired) electrons. The summed E-state index contributed by atoms with van der Waals surface area (Å²) in [4.78, 5) is 13.6. The number of unbranched alkanes of at least 4 members (excludes halogenated alkanes) is 4. The molecule has 0 unspecified atom stereocenters. The quantitative estimate of drug-likeness (QED) is 0.460. The number of hydrogen-bond donors (Lipinski definition) is 1. The first-order chi connectivity index (χ1) is 8.26. The largest absolute Gasteiger partial charge is 0.395 e. The van der Waals surface area contributed by atoms with Crippen LogP contribution in [-0.4, -0.2) is 41.5 Å². The van der Waals surface area contributed by atoms with Crippen LogP contribution in [0.4, 0.5) is 0 Å². The third-order valence-electron chi connectivity index (χ3n) is 2.78. The molecule has 0 heterocycles. The Labute approximate surface area is 110 Å². The van der Waals surface area contributed by atoms with Crippen LogP contribution in [0, 0.1) is 0 Å². The molecule has 0 atom stereocenters. The second kappa shape index (κ2) is 12.2. The van der Waals surface area contributed by atoms with Crippen LogP contribution < -0.4 is 0 Å². The lowest BCUT2D eigenvalue weighted by Crippen LogP contribution is -2.34. The van der Waals surface area contributed by atoms with Crippen molar-refractivity contribution in [1.29, 1.82) is 0 Å². The number of aliphatic hydroxyl groups excluding tert-OH is 1. The standard InChI is InChI=1S/C13H26ClNO2/c1-2-3-4-7-10-15(11-12-16)13(17)8-5-6-9-14/h16H,2-12H2,1H3. The topological polar surface area (TPSA) is 40.5 Å². The summed E-state index contributed by atoms with van der Waals surface area (Å²) in [6, 6.07) is 0. The minimum Gasteiger partial charge on any atom is -0.395 e. The van der Waals surface area contributed by atoms with Gasteiger partial charge in [-0.3, -0.25) is 4.79 Å². The highest BCUT2D eigenvalue weighted by atomic mass is 35.5. The van der Waals surface area contributed by atoms with Gasteiger partial charge < -0.3 is 10.0 Å². The van der Waals surface area contributed by atoms with E-state index in [9.17, 15) is 4.79 Å². The van der Waals surface area contributed by atoms with Crippen LogP contribution in [-0.2, 0) is 4.79 Å². The molecule has 3 nitrogen and oxygen atoms in total. The van der Waals surface area contributed by atoms with Crippen LogP contribution in [0.15, 0.2) is 0 Å². The van der Waals surface area contributed by atoms with Gasteiger partial charge in [0, 0.05) is 25.4 Å². The van der Waals surface area contributed by atoms with Crippen molar-refractivity contribution in [1.82, 2.24) is 4.90 Å². The van der Waals surface area contributed by atoms with Crippen LogP contribution in [0.2, 0.25) is 0 Å². The Morgan fingerprint density at radius 1 is 1.12 bits per heavy atom. The van der Waals surface area contributed by atoms with Gasteiger partial charge in [0.1, 0.15) is 0 Å². The Morgan fingerprint density at radius 2 is 1.88 bits per heavy atom. The molecule has 4 heteroatoms. The molecule has 0 bridgehead atoms. The average molecular weight is 264 g/mol. The summed E-state index contributed by atoms with van der Waals surface area (Å²) < 4.78 is 0. The summed E-state index contributed by atoms with van der Waals surface area (Å²) in [5.74, 6) is 0.768. The minimum atomic E-state index is 0.0506. The maximum Gasteiger partial charge on any atom is 0.222 e. The monoisotopic (exact) mass is 263 g/mol. The maximum absolute atomic E-state index is 11.8. The fourth-order valence-electron chi connectivity index (χ4n) is 1.74. The summed E-state index contributed by atoms with van der Waals surface area (Å²) in [5.41, 5.74) is 0. The fourth-order valence-corrected chi connectivity index (χ4v) is 1.93. The number of hydrogen-bond acceptors (Lipinski definition) is 2. The minimum absolute atomic E-state index is 0.0506. The highest BCUT2D eigenvalue weighted by Crippen LogP contribution is 2.05. The normalized spacial score (nSPS) is 10.5. The van der Waals surface area contributed by atoms with Gasteiger partial charge >= 0.3 is 0 Å². The Bertz CT molecular complexity index is 188. The van der Waals surface area contributed by atoms with Crippen molar-refractivity contribution in [2.24, 2.45) is 0 Å². The van der Waals surface area contributed by atoms with Crippen LogP contribution in [0.25, 0.3) is 0 Å². The molecule has 17 heavy (non-hydrogen) atoms. The van der Waals surface area contributed by atoms with Crippen molar-refractivity contribution >= 4 is 17.5 Å². The van der Waals surface area contributed by atoms with Crippen LogP contribution in [0.1, 0.15) is 51.9 Å².